The molecule has 0 aliphatic heterocycles. The number of nitrogens with one attached hydrogen (secondary N) is 1. The summed E-state index contributed by atoms with van der Waals surface area (Å²) in [5.74, 6) is -0.808. The molecule has 0 fully saturated rings. The summed E-state index contributed by atoms with van der Waals surface area (Å²) in [4.78, 5) is 15.3. The molecule has 0 saturated carbocycles. The third kappa shape index (κ3) is 4.72. The molecule has 0 amide bonds. The molecule has 112 valence electrons. The highest BCUT2D eigenvalue weighted by atomic mass is 16.4. The third-order valence-electron chi connectivity index (χ3n) is 3.23. The summed E-state index contributed by atoms with van der Waals surface area (Å²) >= 11 is 0. The van der Waals surface area contributed by atoms with Gasteiger partial charge in [0.05, 0.1) is 18.4 Å². The summed E-state index contributed by atoms with van der Waals surface area (Å²) in [6, 6.07) is 7.63. The van der Waals surface area contributed by atoms with Gasteiger partial charge in [-0.1, -0.05) is 31.2 Å². The highest BCUT2D eigenvalue weighted by Crippen LogP contribution is 2.12. The number of hydrogen-bond donors (Lipinski definition) is 2. The van der Waals surface area contributed by atoms with Crippen molar-refractivity contribution in [2.24, 2.45) is 0 Å². The molecule has 1 aromatic heterocycles. The molecule has 0 aliphatic rings. The van der Waals surface area contributed by atoms with Crippen LogP contribution in [-0.4, -0.2) is 27.2 Å². The fourth-order valence-electron chi connectivity index (χ4n) is 2.22. The summed E-state index contributed by atoms with van der Waals surface area (Å²) in [6.07, 6.45) is 4.94. The maximum absolute atomic E-state index is 10.9. The Balaban J connectivity index is 2.03. The van der Waals surface area contributed by atoms with Gasteiger partial charge < -0.3 is 15.0 Å². The Bertz CT molecular complexity index is 593. The Morgan fingerprint density at radius 2 is 2.10 bits per heavy atom. The monoisotopic (exact) mass is 287 g/mol. The molecule has 1 aromatic carbocycles. The lowest BCUT2D eigenvalue weighted by atomic mass is 10.0. The van der Waals surface area contributed by atoms with Crippen LogP contribution in [0.3, 0.4) is 0 Å². The van der Waals surface area contributed by atoms with Crippen LogP contribution < -0.4 is 5.32 Å². The number of aromatic nitrogens is 2. The maximum Gasteiger partial charge on any atom is 0.307 e. The van der Waals surface area contributed by atoms with Crippen molar-refractivity contribution in [3.05, 3.63) is 53.6 Å². The summed E-state index contributed by atoms with van der Waals surface area (Å²) in [5, 5.41) is 12.3. The van der Waals surface area contributed by atoms with E-state index in [4.69, 9.17) is 5.11 Å². The Labute approximate surface area is 124 Å². The molecule has 0 aliphatic carbocycles. The van der Waals surface area contributed by atoms with Crippen molar-refractivity contribution in [2.75, 3.05) is 6.54 Å². The van der Waals surface area contributed by atoms with Crippen molar-refractivity contribution in [3.63, 3.8) is 0 Å². The predicted molar refractivity (Wildman–Crippen MR) is 81.1 cm³/mol. The Hall–Kier alpha value is -2.14. The fourth-order valence-corrected chi connectivity index (χ4v) is 2.22. The molecule has 1 heterocycles. The highest BCUT2D eigenvalue weighted by molar-refractivity contribution is 5.70. The van der Waals surface area contributed by atoms with Crippen LogP contribution in [0.15, 0.2) is 36.8 Å². The number of carbonyl (C=O) groups is 1. The standard InChI is InChI=1S/C16H21N3O2/c1-2-7-17-9-15-11-19(12-18-15)10-14-6-4-3-5-13(14)8-16(20)21/h3-6,11-12,17H,2,7-10H2,1H3,(H,20,21). The van der Waals surface area contributed by atoms with Crippen LogP contribution in [0.4, 0.5) is 0 Å². The molecule has 2 aromatic rings. The van der Waals surface area contributed by atoms with Gasteiger partial charge in [0.25, 0.3) is 0 Å². The average molecular weight is 287 g/mol. The minimum atomic E-state index is -0.808. The maximum atomic E-state index is 10.9. The van der Waals surface area contributed by atoms with Crippen molar-refractivity contribution >= 4 is 5.97 Å². The van der Waals surface area contributed by atoms with E-state index in [9.17, 15) is 4.79 Å². The lowest BCUT2D eigenvalue weighted by molar-refractivity contribution is -0.136. The normalized spacial score (nSPS) is 10.7. The van der Waals surface area contributed by atoms with Gasteiger partial charge in [-0.15, -0.1) is 0 Å². The van der Waals surface area contributed by atoms with Gasteiger partial charge in [0.1, 0.15) is 0 Å². The smallest absolute Gasteiger partial charge is 0.307 e. The number of imidazole rings is 1. The van der Waals surface area contributed by atoms with E-state index in [0.29, 0.717) is 6.54 Å². The first-order chi connectivity index (χ1) is 10.2. The van der Waals surface area contributed by atoms with E-state index < -0.39 is 5.97 Å². The zero-order valence-corrected chi connectivity index (χ0v) is 12.2. The summed E-state index contributed by atoms with van der Waals surface area (Å²) < 4.78 is 1.99. The minimum absolute atomic E-state index is 0.0514. The predicted octanol–water partition coefficient (Wildman–Crippen LogP) is 2.06. The molecule has 0 atom stereocenters. The van der Waals surface area contributed by atoms with E-state index in [1.54, 1.807) is 6.33 Å². The molecular weight excluding hydrogens is 266 g/mol. The zero-order valence-electron chi connectivity index (χ0n) is 12.2. The number of rotatable bonds is 8. The number of carboxylic acid groups (broad SMARTS) is 1. The van der Waals surface area contributed by atoms with Crippen LogP contribution in [0.25, 0.3) is 0 Å². The largest absolute Gasteiger partial charge is 0.481 e. The van der Waals surface area contributed by atoms with Gasteiger partial charge in [-0.3, -0.25) is 4.79 Å². The molecule has 2 N–H and O–H groups in total. The van der Waals surface area contributed by atoms with E-state index in [2.05, 4.69) is 17.2 Å². The lowest BCUT2D eigenvalue weighted by Gasteiger charge is -2.08. The molecule has 21 heavy (non-hydrogen) atoms. The molecule has 5 nitrogen and oxygen atoms in total. The number of benzene rings is 1. The van der Waals surface area contributed by atoms with E-state index in [-0.39, 0.29) is 6.42 Å². The van der Waals surface area contributed by atoms with Crippen LogP contribution in [0, 0.1) is 0 Å². The quantitative estimate of drug-likeness (QED) is 0.729. The molecule has 0 saturated heterocycles. The number of nitrogens with zero attached hydrogens (tertiary/aromatic N) is 2. The van der Waals surface area contributed by atoms with Crippen LogP contribution >= 0.6 is 0 Å². The molecule has 0 spiro atoms. The molecular formula is C16H21N3O2. The van der Waals surface area contributed by atoms with Crippen LogP contribution in [-0.2, 0) is 24.3 Å². The summed E-state index contributed by atoms with van der Waals surface area (Å²) in [7, 11) is 0. The van der Waals surface area contributed by atoms with Gasteiger partial charge in [0, 0.05) is 19.3 Å². The first-order valence-corrected chi connectivity index (χ1v) is 7.19. The van der Waals surface area contributed by atoms with Crippen molar-refractivity contribution in [3.8, 4) is 0 Å². The number of hydrogen-bond acceptors (Lipinski definition) is 3. The van der Waals surface area contributed by atoms with Gasteiger partial charge in [0.2, 0.25) is 0 Å². The van der Waals surface area contributed by atoms with Gasteiger partial charge >= 0.3 is 5.97 Å². The van der Waals surface area contributed by atoms with Crippen LogP contribution in [0.5, 0.6) is 0 Å². The molecule has 5 heteroatoms. The molecule has 0 bridgehead atoms. The third-order valence-corrected chi connectivity index (χ3v) is 3.23. The average Bonchev–Trinajstić information content (AvgIpc) is 2.88. The second-order valence-corrected chi connectivity index (χ2v) is 5.05. The topological polar surface area (TPSA) is 67.2 Å². The molecule has 2 rings (SSSR count). The Morgan fingerprint density at radius 3 is 2.81 bits per heavy atom. The number of aliphatic carboxylic acids is 1. The van der Waals surface area contributed by atoms with E-state index in [1.165, 1.54) is 0 Å². The van der Waals surface area contributed by atoms with E-state index >= 15 is 0 Å². The molecule has 0 unspecified atom stereocenters. The SMILES string of the molecule is CCCNCc1cn(Cc2ccccc2CC(=O)O)cn1. The van der Waals surface area contributed by atoms with Gasteiger partial charge in [-0.2, -0.15) is 0 Å². The van der Waals surface area contributed by atoms with Gasteiger partial charge in [0.15, 0.2) is 0 Å². The van der Waals surface area contributed by atoms with Crippen molar-refractivity contribution in [1.29, 1.82) is 0 Å². The van der Waals surface area contributed by atoms with Gasteiger partial charge in [-0.05, 0) is 24.1 Å². The van der Waals surface area contributed by atoms with E-state index in [1.807, 2.05) is 35.0 Å². The Kier molecular flexibility index (Phi) is 5.51. The highest BCUT2D eigenvalue weighted by Gasteiger charge is 2.07. The second-order valence-electron chi connectivity index (χ2n) is 5.05. The summed E-state index contributed by atoms with van der Waals surface area (Å²) in [6.45, 7) is 4.52. The van der Waals surface area contributed by atoms with Crippen molar-refractivity contribution in [2.45, 2.75) is 32.9 Å². The minimum Gasteiger partial charge on any atom is -0.481 e. The van der Waals surface area contributed by atoms with Crippen molar-refractivity contribution in [1.82, 2.24) is 14.9 Å². The molecule has 0 radical (unpaired) electrons. The lowest BCUT2D eigenvalue weighted by Crippen LogP contribution is -2.13. The zero-order chi connectivity index (χ0) is 15.1. The van der Waals surface area contributed by atoms with Crippen LogP contribution in [0.2, 0.25) is 0 Å². The first kappa shape index (κ1) is 15.3. The second kappa shape index (κ2) is 7.59. The van der Waals surface area contributed by atoms with Gasteiger partial charge in [-0.25, -0.2) is 4.98 Å². The summed E-state index contributed by atoms with van der Waals surface area (Å²) in [5.41, 5.74) is 2.87. The van der Waals surface area contributed by atoms with Crippen molar-refractivity contribution < 1.29 is 9.90 Å². The van der Waals surface area contributed by atoms with E-state index in [0.717, 1.165) is 36.3 Å². The van der Waals surface area contributed by atoms with Crippen LogP contribution in [0.1, 0.15) is 30.2 Å². The fraction of sp³-hybridized carbons (Fsp3) is 0.375. The first-order valence-electron chi connectivity index (χ1n) is 7.19. The number of carboxylic acids is 1. The Morgan fingerprint density at radius 1 is 1.33 bits per heavy atom.